The van der Waals surface area contributed by atoms with Crippen molar-refractivity contribution in [3.63, 3.8) is 0 Å². The molecule has 196 valence electrons. The van der Waals surface area contributed by atoms with Crippen molar-refractivity contribution in [3.05, 3.63) is 101 Å². The zero-order chi connectivity index (χ0) is 26.5. The first-order valence-electron chi connectivity index (χ1n) is 12.8. The lowest BCUT2D eigenvalue weighted by Crippen LogP contribution is -2.42. The zero-order valence-electron chi connectivity index (χ0n) is 21.4. The van der Waals surface area contributed by atoms with Crippen LogP contribution >= 0.6 is 0 Å². The third kappa shape index (κ3) is 5.61. The Bertz CT molecular complexity index is 1320. The molecule has 1 N–H and O–H groups in total. The summed E-state index contributed by atoms with van der Waals surface area (Å²) in [6.07, 6.45) is 3.27. The molecule has 2 aromatic carbocycles. The summed E-state index contributed by atoms with van der Waals surface area (Å²) in [5.74, 6) is -0.890. The lowest BCUT2D eigenvalue weighted by atomic mass is 9.96. The summed E-state index contributed by atoms with van der Waals surface area (Å²) in [5.41, 5.74) is 3.40. The lowest BCUT2D eigenvalue weighted by Gasteiger charge is -2.30. The number of hydrogen-bond acceptors (Lipinski definition) is 7. The normalized spacial score (nSPS) is 19.6. The van der Waals surface area contributed by atoms with Gasteiger partial charge in [-0.15, -0.1) is 0 Å². The number of amides is 1. The first-order chi connectivity index (χ1) is 18.5. The minimum Gasteiger partial charge on any atom is -0.507 e. The molecule has 8 heteroatoms. The molecule has 1 amide bonds. The Hall–Kier alpha value is -4.01. The molecule has 0 unspecified atom stereocenters. The zero-order valence-corrected chi connectivity index (χ0v) is 21.4. The summed E-state index contributed by atoms with van der Waals surface area (Å²) in [7, 11) is 0. The number of hydrogen-bond donors (Lipinski definition) is 1. The maximum absolute atomic E-state index is 13.2. The molecular weight excluding hydrogens is 482 g/mol. The molecule has 1 atom stereocenters. The van der Waals surface area contributed by atoms with Crippen LogP contribution in [-0.2, 0) is 20.9 Å². The summed E-state index contributed by atoms with van der Waals surface area (Å²) in [6.45, 7) is 6.27. The number of benzene rings is 2. The molecule has 1 aromatic heterocycles. The molecule has 0 aliphatic carbocycles. The van der Waals surface area contributed by atoms with Gasteiger partial charge in [0.1, 0.15) is 18.1 Å². The molecule has 0 saturated carbocycles. The van der Waals surface area contributed by atoms with Crippen LogP contribution in [0.25, 0.3) is 5.76 Å². The number of Topliss-reactive ketones (excluding diaryl/α,β-unsaturated/α-hetero) is 1. The van der Waals surface area contributed by atoms with Gasteiger partial charge < -0.3 is 19.5 Å². The third-order valence-electron chi connectivity index (χ3n) is 6.92. The predicted molar refractivity (Wildman–Crippen MR) is 142 cm³/mol. The summed E-state index contributed by atoms with van der Waals surface area (Å²) in [6, 6.07) is 17.8. The Morgan fingerprint density at radius 1 is 1.05 bits per heavy atom. The number of carbonyl (C=O) groups is 2. The minimum atomic E-state index is -0.720. The van der Waals surface area contributed by atoms with Gasteiger partial charge in [-0.2, -0.15) is 0 Å². The van der Waals surface area contributed by atoms with Crippen molar-refractivity contribution >= 4 is 17.4 Å². The molecule has 0 bridgehead atoms. The van der Waals surface area contributed by atoms with Crippen LogP contribution in [0.3, 0.4) is 0 Å². The average molecular weight is 514 g/mol. The number of aliphatic hydroxyl groups excluding tert-OH is 1. The number of ether oxygens (including phenoxy) is 2. The summed E-state index contributed by atoms with van der Waals surface area (Å²) in [5, 5.41) is 11.3. The maximum atomic E-state index is 13.2. The Labute approximate surface area is 222 Å². The second-order valence-corrected chi connectivity index (χ2v) is 9.53. The molecule has 2 aliphatic rings. The van der Waals surface area contributed by atoms with Gasteiger partial charge in [-0.25, -0.2) is 0 Å². The number of aliphatic hydroxyl groups is 1. The second-order valence-electron chi connectivity index (χ2n) is 9.53. The number of ketones is 1. The highest BCUT2D eigenvalue weighted by Gasteiger charge is 2.46. The van der Waals surface area contributed by atoms with E-state index < -0.39 is 17.7 Å². The fraction of sp³-hybridized carbons (Fsp3) is 0.300. The number of nitrogens with zero attached hydrogens (tertiary/aromatic N) is 3. The van der Waals surface area contributed by atoms with E-state index in [0.29, 0.717) is 49.8 Å². The molecule has 2 saturated heterocycles. The number of morpholine rings is 1. The van der Waals surface area contributed by atoms with Crippen molar-refractivity contribution in [1.29, 1.82) is 0 Å². The average Bonchev–Trinajstić information content (AvgIpc) is 3.21. The monoisotopic (exact) mass is 513 g/mol. The Balaban J connectivity index is 1.39. The van der Waals surface area contributed by atoms with E-state index in [9.17, 15) is 14.7 Å². The Morgan fingerprint density at radius 2 is 1.84 bits per heavy atom. The number of aromatic nitrogens is 1. The molecule has 0 radical (unpaired) electrons. The van der Waals surface area contributed by atoms with Gasteiger partial charge in [0, 0.05) is 44.1 Å². The van der Waals surface area contributed by atoms with Crippen molar-refractivity contribution in [2.45, 2.75) is 19.6 Å². The smallest absolute Gasteiger partial charge is 0.295 e. The summed E-state index contributed by atoms with van der Waals surface area (Å²) >= 11 is 0. The van der Waals surface area contributed by atoms with Gasteiger partial charge in [0.25, 0.3) is 11.7 Å². The van der Waals surface area contributed by atoms with Gasteiger partial charge in [0.2, 0.25) is 0 Å². The van der Waals surface area contributed by atoms with Gasteiger partial charge in [0.15, 0.2) is 0 Å². The molecule has 3 heterocycles. The Morgan fingerprint density at radius 3 is 2.55 bits per heavy atom. The lowest BCUT2D eigenvalue weighted by molar-refractivity contribution is -0.140. The van der Waals surface area contributed by atoms with E-state index in [1.807, 2.05) is 31.2 Å². The number of likely N-dealkylation sites (tertiary alicyclic amines) is 1. The van der Waals surface area contributed by atoms with Crippen LogP contribution in [0.15, 0.2) is 78.6 Å². The van der Waals surface area contributed by atoms with Crippen LogP contribution in [0.4, 0.5) is 0 Å². The van der Waals surface area contributed by atoms with E-state index >= 15 is 0 Å². The fourth-order valence-electron chi connectivity index (χ4n) is 4.90. The van der Waals surface area contributed by atoms with Gasteiger partial charge in [-0.3, -0.25) is 19.5 Å². The van der Waals surface area contributed by atoms with Crippen LogP contribution in [-0.4, -0.2) is 71.0 Å². The standard InChI is InChI=1S/C30H31N3O5/c1-21-4-2-5-22(18-21)20-38-25-9-7-23(8-10-25)28(34)26-27(24-6-3-11-31-19-24)33(30(36)29(26)35)13-12-32-14-16-37-17-15-32/h2-11,18-19,27,34H,12-17,20H2,1H3/t27-/m1/s1. The highest BCUT2D eigenvalue weighted by molar-refractivity contribution is 6.46. The first kappa shape index (κ1) is 25.6. The van der Waals surface area contributed by atoms with Crippen LogP contribution in [0.2, 0.25) is 0 Å². The fourth-order valence-corrected chi connectivity index (χ4v) is 4.90. The SMILES string of the molecule is Cc1cccc(COc2ccc(C(O)=C3C(=O)C(=O)N(CCN4CCOCC4)[C@@H]3c3cccnc3)cc2)c1. The van der Waals surface area contributed by atoms with E-state index in [1.54, 1.807) is 47.6 Å². The second kappa shape index (κ2) is 11.6. The Kier molecular flexibility index (Phi) is 7.81. The third-order valence-corrected chi connectivity index (χ3v) is 6.92. The van der Waals surface area contributed by atoms with Crippen LogP contribution in [0.1, 0.15) is 28.3 Å². The number of aryl methyl sites for hydroxylation is 1. The van der Waals surface area contributed by atoms with Gasteiger partial charge >= 0.3 is 0 Å². The van der Waals surface area contributed by atoms with Gasteiger partial charge in [0.05, 0.1) is 24.8 Å². The molecule has 3 aromatic rings. The van der Waals surface area contributed by atoms with Crippen molar-refractivity contribution < 1.29 is 24.2 Å². The van der Waals surface area contributed by atoms with E-state index in [0.717, 1.165) is 24.2 Å². The van der Waals surface area contributed by atoms with Crippen LogP contribution in [0, 0.1) is 6.92 Å². The molecule has 8 nitrogen and oxygen atoms in total. The van der Waals surface area contributed by atoms with E-state index in [1.165, 1.54) is 0 Å². The first-order valence-corrected chi connectivity index (χ1v) is 12.8. The largest absolute Gasteiger partial charge is 0.507 e. The van der Waals surface area contributed by atoms with E-state index in [-0.39, 0.29) is 11.3 Å². The van der Waals surface area contributed by atoms with Crippen LogP contribution < -0.4 is 4.74 Å². The predicted octanol–water partition coefficient (Wildman–Crippen LogP) is 3.72. The molecule has 2 fully saturated rings. The molecule has 0 spiro atoms. The van der Waals surface area contributed by atoms with Crippen molar-refractivity contribution in [1.82, 2.24) is 14.8 Å². The molecule has 38 heavy (non-hydrogen) atoms. The van der Waals surface area contributed by atoms with E-state index in [4.69, 9.17) is 9.47 Å². The van der Waals surface area contributed by atoms with Crippen LogP contribution in [0.5, 0.6) is 5.75 Å². The number of carbonyl (C=O) groups excluding carboxylic acids is 2. The van der Waals surface area contributed by atoms with Gasteiger partial charge in [-0.05, 0) is 48.4 Å². The highest BCUT2D eigenvalue weighted by atomic mass is 16.5. The number of pyridine rings is 1. The maximum Gasteiger partial charge on any atom is 0.295 e. The number of rotatable bonds is 8. The van der Waals surface area contributed by atoms with Gasteiger partial charge in [-0.1, -0.05) is 35.9 Å². The van der Waals surface area contributed by atoms with Crippen molar-refractivity contribution in [3.8, 4) is 5.75 Å². The van der Waals surface area contributed by atoms with Crippen molar-refractivity contribution in [2.24, 2.45) is 0 Å². The minimum absolute atomic E-state index is 0.0680. The molecule has 5 rings (SSSR count). The summed E-state index contributed by atoms with van der Waals surface area (Å²) < 4.78 is 11.3. The topological polar surface area (TPSA) is 92.2 Å². The van der Waals surface area contributed by atoms with E-state index in [2.05, 4.69) is 16.0 Å². The quantitative estimate of drug-likeness (QED) is 0.279. The molecular formula is C30H31N3O5. The highest BCUT2D eigenvalue weighted by Crippen LogP contribution is 2.39. The summed E-state index contributed by atoms with van der Waals surface area (Å²) in [4.78, 5) is 34.3. The van der Waals surface area contributed by atoms with Crippen molar-refractivity contribution in [2.75, 3.05) is 39.4 Å². The molecule has 2 aliphatic heterocycles.